The molecule has 0 aliphatic carbocycles. The van der Waals surface area contributed by atoms with Gasteiger partial charge in [0, 0.05) is 26.2 Å². The summed E-state index contributed by atoms with van der Waals surface area (Å²) in [6.45, 7) is 4.99. The Balaban J connectivity index is 2.22. The molecule has 7 nitrogen and oxygen atoms in total. The molecule has 108 valence electrons. The molecule has 2 heterocycles. The van der Waals surface area contributed by atoms with Gasteiger partial charge in [0.05, 0.1) is 12.9 Å². The molecule has 0 atom stereocenters. The number of rotatable bonds is 6. The van der Waals surface area contributed by atoms with E-state index >= 15 is 0 Å². The Hall–Kier alpha value is -2.31. The first-order valence-electron chi connectivity index (χ1n) is 6.44. The van der Waals surface area contributed by atoms with E-state index in [4.69, 9.17) is 9.15 Å². The number of hydrogen-bond acceptors (Lipinski definition) is 7. The molecule has 0 saturated carbocycles. The average Bonchev–Trinajstić information content (AvgIpc) is 2.84. The minimum atomic E-state index is 0.317. The predicted molar refractivity (Wildman–Crippen MR) is 76.1 cm³/mol. The Morgan fingerprint density at radius 3 is 2.75 bits per heavy atom. The first kappa shape index (κ1) is 14.1. The Bertz CT molecular complexity index is 570. The molecule has 0 spiro atoms. The second kappa shape index (κ2) is 6.23. The molecule has 7 heteroatoms. The lowest BCUT2D eigenvalue weighted by molar-refractivity contribution is 0.312. The van der Waals surface area contributed by atoms with E-state index in [1.807, 2.05) is 31.9 Å². The first-order chi connectivity index (χ1) is 9.63. The highest BCUT2D eigenvalue weighted by Crippen LogP contribution is 2.17. The van der Waals surface area contributed by atoms with E-state index in [-0.39, 0.29) is 0 Å². The van der Waals surface area contributed by atoms with Crippen molar-refractivity contribution < 1.29 is 9.15 Å². The minimum Gasteiger partial charge on any atom is -0.469 e. The molecule has 0 aliphatic heterocycles. The Kier molecular flexibility index (Phi) is 4.39. The molecule has 1 N–H and O–H groups in total. The molecule has 20 heavy (non-hydrogen) atoms. The Morgan fingerprint density at radius 2 is 2.15 bits per heavy atom. The molecule has 0 aliphatic rings. The van der Waals surface area contributed by atoms with Crippen LogP contribution in [-0.2, 0) is 6.54 Å². The van der Waals surface area contributed by atoms with Crippen molar-refractivity contribution in [2.45, 2.75) is 20.4 Å². The van der Waals surface area contributed by atoms with Crippen molar-refractivity contribution in [2.24, 2.45) is 0 Å². The van der Waals surface area contributed by atoms with Crippen molar-refractivity contribution in [3.05, 3.63) is 23.7 Å². The van der Waals surface area contributed by atoms with Crippen LogP contribution in [0, 0.1) is 6.92 Å². The lowest BCUT2D eigenvalue weighted by atomic mass is 10.2. The number of ether oxygens (including phenoxy) is 1. The summed E-state index contributed by atoms with van der Waals surface area (Å²) >= 11 is 0. The van der Waals surface area contributed by atoms with Crippen LogP contribution in [-0.4, -0.2) is 35.7 Å². The Labute approximate surface area is 118 Å². The van der Waals surface area contributed by atoms with Crippen LogP contribution in [0.15, 0.2) is 16.7 Å². The van der Waals surface area contributed by atoms with Gasteiger partial charge >= 0.3 is 6.01 Å². The number of aryl methyl sites for hydroxylation is 1. The van der Waals surface area contributed by atoms with Gasteiger partial charge in [-0.3, -0.25) is 0 Å². The maximum absolute atomic E-state index is 5.35. The normalized spacial score (nSPS) is 10.4. The quantitative estimate of drug-likeness (QED) is 0.863. The average molecular weight is 277 g/mol. The predicted octanol–water partition coefficient (Wildman–Crippen LogP) is 1.85. The second-order valence-electron chi connectivity index (χ2n) is 4.28. The van der Waals surface area contributed by atoms with Gasteiger partial charge in [0.1, 0.15) is 5.76 Å². The topological polar surface area (TPSA) is 76.3 Å². The van der Waals surface area contributed by atoms with Gasteiger partial charge in [-0.05, 0) is 19.9 Å². The third-order valence-electron chi connectivity index (χ3n) is 2.82. The highest BCUT2D eigenvalue weighted by Gasteiger charge is 2.12. The summed E-state index contributed by atoms with van der Waals surface area (Å²) in [5, 5.41) is 2.90. The number of hydrogen-bond donors (Lipinski definition) is 1. The number of aromatic nitrogens is 3. The molecule has 0 bridgehead atoms. The van der Waals surface area contributed by atoms with Crippen LogP contribution >= 0.6 is 0 Å². The van der Waals surface area contributed by atoms with Crippen LogP contribution in [0.25, 0.3) is 0 Å². The lowest BCUT2D eigenvalue weighted by Crippen LogP contribution is -2.20. The minimum absolute atomic E-state index is 0.317. The van der Waals surface area contributed by atoms with Gasteiger partial charge < -0.3 is 19.4 Å². The lowest BCUT2D eigenvalue weighted by Gasteiger charge is -2.17. The summed E-state index contributed by atoms with van der Waals surface area (Å²) in [7, 11) is 3.67. The molecular formula is C13H19N5O2. The van der Waals surface area contributed by atoms with Gasteiger partial charge in [-0.25, -0.2) is 0 Å². The van der Waals surface area contributed by atoms with Crippen LogP contribution in [0.3, 0.4) is 0 Å². The molecule has 0 unspecified atom stereocenters. The third-order valence-corrected chi connectivity index (χ3v) is 2.82. The molecule has 2 aromatic rings. The van der Waals surface area contributed by atoms with E-state index in [1.54, 1.807) is 13.3 Å². The number of nitrogens with one attached hydrogen (secondary N) is 1. The van der Waals surface area contributed by atoms with E-state index < -0.39 is 0 Å². The van der Waals surface area contributed by atoms with Crippen LogP contribution in [0.1, 0.15) is 18.2 Å². The van der Waals surface area contributed by atoms with E-state index in [9.17, 15) is 0 Å². The van der Waals surface area contributed by atoms with E-state index in [1.165, 1.54) is 0 Å². The van der Waals surface area contributed by atoms with Crippen LogP contribution in [0.4, 0.5) is 11.9 Å². The second-order valence-corrected chi connectivity index (χ2v) is 4.28. The summed E-state index contributed by atoms with van der Waals surface area (Å²) in [4.78, 5) is 14.7. The van der Waals surface area contributed by atoms with Gasteiger partial charge in [0.15, 0.2) is 0 Å². The SMILES string of the molecule is CCOc1nc(NC)nc(N(C)Cc2ccoc2C)n1. The van der Waals surface area contributed by atoms with Crippen molar-refractivity contribution in [3.8, 4) is 6.01 Å². The summed E-state index contributed by atoms with van der Waals surface area (Å²) in [5.74, 6) is 1.92. The molecule has 0 amide bonds. The van der Waals surface area contributed by atoms with Crippen LogP contribution in [0.2, 0.25) is 0 Å². The molecule has 0 fully saturated rings. The maximum atomic E-state index is 5.35. The van der Waals surface area contributed by atoms with Crippen molar-refractivity contribution in [2.75, 3.05) is 30.9 Å². The van der Waals surface area contributed by atoms with Crippen LogP contribution < -0.4 is 15.0 Å². The zero-order chi connectivity index (χ0) is 14.5. The first-order valence-corrected chi connectivity index (χ1v) is 6.44. The molecule has 0 saturated heterocycles. The fourth-order valence-electron chi connectivity index (χ4n) is 1.72. The van der Waals surface area contributed by atoms with Crippen molar-refractivity contribution >= 4 is 11.9 Å². The van der Waals surface area contributed by atoms with Gasteiger partial charge in [0.2, 0.25) is 11.9 Å². The molecule has 0 aromatic carbocycles. The highest BCUT2D eigenvalue weighted by atomic mass is 16.5. The summed E-state index contributed by atoms with van der Waals surface area (Å²) in [6.07, 6.45) is 1.68. The van der Waals surface area contributed by atoms with Crippen molar-refractivity contribution in [3.63, 3.8) is 0 Å². The van der Waals surface area contributed by atoms with Gasteiger partial charge in [0.25, 0.3) is 0 Å². The van der Waals surface area contributed by atoms with Gasteiger partial charge in [-0.1, -0.05) is 0 Å². The fraction of sp³-hybridized carbons (Fsp3) is 0.462. The van der Waals surface area contributed by atoms with E-state index in [0.717, 1.165) is 11.3 Å². The van der Waals surface area contributed by atoms with E-state index in [2.05, 4.69) is 20.3 Å². The molecule has 0 radical (unpaired) electrons. The monoisotopic (exact) mass is 277 g/mol. The highest BCUT2D eigenvalue weighted by molar-refractivity contribution is 5.38. The summed E-state index contributed by atoms with van der Waals surface area (Å²) in [5.41, 5.74) is 1.09. The largest absolute Gasteiger partial charge is 0.469 e. The zero-order valence-electron chi connectivity index (χ0n) is 12.2. The molecule has 2 aromatic heterocycles. The smallest absolute Gasteiger partial charge is 0.323 e. The van der Waals surface area contributed by atoms with Gasteiger partial charge in [-0.15, -0.1) is 0 Å². The maximum Gasteiger partial charge on any atom is 0.323 e. The van der Waals surface area contributed by atoms with Gasteiger partial charge in [-0.2, -0.15) is 15.0 Å². The zero-order valence-corrected chi connectivity index (χ0v) is 12.2. The van der Waals surface area contributed by atoms with Crippen LogP contribution in [0.5, 0.6) is 6.01 Å². The summed E-state index contributed by atoms with van der Waals surface area (Å²) in [6, 6.07) is 2.26. The Morgan fingerprint density at radius 1 is 1.35 bits per heavy atom. The third kappa shape index (κ3) is 3.17. The number of nitrogens with zero attached hydrogens (tertiary/aromatic N) is 4. The summed E-state index contributed by atoms with van der Waals surface area (Å²) < 4.78 is 10.6. The number of anilines is 2. The van der Waals surface area contributed by atoms with Crippen molar-refractivity contribution in [1.82, 2.24) is 15.0 Å². The van der Waals surface area contributed by atoms with E-state index in [0.29, 0.717) is 31.1 Å². The standard InChI is InChI=1S/C13H19N5O2/c1-5-19-13-16-11(14-3)15-12(17-13)18(4)8-10-6-7-20-9(10)2/h6-7H,5,8H2,1-4H3,(H,14,15,16,17). The number of furan rings is 1. The molecular weight excluding hydrogens is 258 g/mol. The van der Waals surface area contributed by atoms with Crippen molar-refractivity contribution in [1.29, 1.82) is 0 Å². The fourth-order valence-corrected chi connectivity index (χ4v) is 1.72. The molecule has 2 rings (SSSR count).